The van der Waals surface area contributed by atoms with E-state index in [1.807, 2.05) is 55.1 Å². The Balaban J connectivity index is 1.85. The summed E-state index contributed by atoms with van der Waals surface area (Å²) in [5.41, 5.74) is 2.03. The number of hydrogen-bond donors (Lipinski definition) is 1. The molecule has 6 heteroatoms. The van der Waals surface area contributed by atoms with Crippen molar-refractivity contribution in [3.63, 3.8) is 0 Å². The van der Waals surface area contributed by atoms with E-state index >= 15 is 0 Å². The fourth-order valence-corrected chi connectivity index (χ4v) is 4.61. The van der Waals surface area contributed by atoms with Gasteiger partial charge < -0.3 is 14.8 Å². The van der Waals surface area contributed by atoms with Crippen molar-refractivity contribution in [3.05, 3.63) is 59.7 Å². The van der Waals surface area contributed by atoms with Gasteiger partial charge >= 0.3 is 5.97 Å². The van der Waals surface area contributed by atoms with Crippen molar-refractivity contribution >= 4 is 29.0 Å². The monoisotopic (exact) mass is 396 g/mol. The van der Waals surface area contributed by atoms with E-state index in [0.29, 0.717) is 11.7 Å². The van der Waals surface area contributed by atoms with Crippen molar-refractivity contribution in [2.24, 2.45) is 5.92 Å². The molecule has 0 aromatic heterocycles. The molecule has 2 heterocycles. The first-order valence-corrected chi connectivity index (χ1v) is 10.0. The summed E-state index contributed by atoms with van der Waals surface area (Å²) in [5.74, 6) is -0.115. The number of para-hydroxylation sites is 1. The Morgan fingerprint density at radius 1 is 1.21 bits per heavy atom. The Morgan fingerprint density at radius 2 is 1.93 bits per heavy atom. The fraction of sp³-hybridized carbons (Fsp3) is 0.364. The van der Waals surface area contributed by atoms with Crippen LogP contribution in [0.1, 0.15) is 37.9 Å². The number of aryl methyl sites for hydroxylation is 1. The summed E-state index contributed by atoms with van der Waals surface area (Å²) in [4.78, 5) is 14.9. The third-order valence-electron chi connectivity index (χ3n) is 5.55. The van der Waals surface area contributed by atoms with Crippen molar-refractivity contribution in [2.75, 3.05) is 11.5 Å². The molecule has 0 unspecified atom stereocenters. The Morgan fingerprint density at radius 3 is 2.61 bits per heavy atom. The average molecular weight is 397 g/mol. The smallest absolute Gasteiger partial charge is 0.317 e. The van der Waals surface area contributed by atoms with Gasteiger partial charge in [0.15, 0.2) is 5.11 Å². The van der Waals surface area contributed by atoms with Crippen LogP contribution in [0.2, 0.25) is 0 Å². The van der Waals surface area contributed by atoms with E-state index in [9.17, 15) is 4.79 Å². The normalized spacial score (nSPS) is 25.4. The van der Waals surface area contributed by atoms with Crippen LogP contribution in [0, 0.1) is 5.92 Å². The SMILES string of the molecule is CCOC(=O)[C@H]1[C@@H]2NC(=S)N(c3ccc(CC)cc3)[C@@]1(C)Oc1ccccc12. The summed E-state index contributed by atoms with van der Waals surface area (Å²) in [6.45, 7) is 6.16. The minimum Gasteiger partial charge on any atom is -0.466 e. The molecule has 146 valence electrons. The molecule has 2 aromatic rings. The second kappa shape index (κ2) is 7.09. The topological polar surface area (TPSA) is 50.8 Å². The molecule has 0 amide bonds. The number of thiocarbonyl (C=S) groups is 1. The molecule has 1 saturated heterocycles. The number of carbonyl (C=O) groups excluding carboxylic acids is 1. The highest BCUT2D eigenvalue weighted by Gasteiger charge is 2.59. The molecule has 0 aliphatic carbocycles. The van der Waals surface area contributed by atoms with Gasteiger partial charge in [0.05, 0.1) is 12.6 Å². The summed E-state index contributed by atoms with van der Waals surface area (Å²) in [6.07, 6.45) is 0.956. The lowest BCUT2D eigenvalue weighted by Gasteiger charge is -2.55. The summed E-state index contributed by atoms with van der Waals surface area (Å²) in [7, 11) is 0. The lowest BCUT2D eigenvalue weighted by atomic mass is 9.79. The lowest BCUT2D eigenvalue weighted by molar-refractivity contribution is -0.159. The standard InChI is InChI=1S/C22H24N2O3S/c1-4-14-10-12-15(13-11-14)24-21(28)23-19-16-8-6-7-9-17(16)27-22(24,3)18(19)20(25)26-5-2/h6-13,18-19H,4-5H2,1-3H3,(H,23,28)/t18-,19-,22+/m1/s1. The predicted molar refractivity (Wildman–Crippen MR) is 112 cm³/mol. The first kappa shape index (κ1) is 18.7. The van der Waals surface area contributed by atoms with E-state index < -0.39 is 11.6 Å². The number of fused-ring (bicyclic) bond motifs is 4. The quantitative estimate of drug-likeness (QED) is 0.623. The van der Waals surface area contributed by atoms with Crippen LogP contribution in [0.5, 0.6) is 5.75 Å². The van der Waals surface area contributed by atoms with Gasteiger partial charge in [-0.05, 0) is 56.2 Å². The highest BCUT2D eigenvalue weighted by molar-refractivity contribution is 7.80. The molecule has 2 aliphatic heterocycles. The molecule has 2 aliphatic rings. The van der Waals surface area contributed by atoms with E-state index in [2.05, 4.69) is 24.4 Å². The first-order chi connectivity index (χ1) is 13.5. The van der Waals surface area contributed by atoms with E-state index in [4.69, 9.17) is 21.7 Å². The number of anilines is 1. The molecule has 2 bridgehead atoms. The van der Waals surface area contributed by atoms with E-state index in [0.717, 1.165) is 23.4 Å². The summed E-state index contributed by atoms with van der Waals surface area (Å²) in [5, 5.41) is 3.91. The maximum Gasteiger partial charge on any atom is 0.317 e. The molecule has 1 N–H and O–H groups in total. The second-order valence-electron chi connectivity index (χ2n) is 7.21. The number of esters is 1. The maximum absolute atomic E-state index is 13.0. The van der Waals surface area contributed by atoms with Gasteiger partial charge in [0.25, 0.3) is 0 Å². The van der Waals surface area contributed by atoms with Crippen LogP contribution in [-0.2, 0) is 16.0 Å². The Hall–Kier alpha value is -2.60. The molecule has 1 fully saturated rings. The molecule has 3 atom stereocenters. The average Bonchev–Trinajstić information content (AvgIpc) is 2.68. The molecule has 0 saturated carbocycles. The van der Waals surface area contributed by atoms with Crippen LogP contribution >= 0.6 is 12.2 Å². The van der Waals surface area contributed by atoms with Crippen molar-refractivity contribution in [1.29, 1.82) is 0 Å². The minimum absolute atomic E-state index is 0.297. The van der Waals surface area contributed by atoms with E-state index in [1.165, 1.54) is 5.56 Å². The van der Waals surface area contributed by atoms with Gasteiger partial charge in [-0.3, -0.25) is 9.69 Å². The van der Waals surface area contributed by atoms with Crippen LogP contribution in [0.4, 0.5) is 5.69 Å². The van der Waals surface area contributed by atoms with E-state index in [-0.39, 0.29) is 12.0 Å². The van der Waals surface area contributed by atoms with Gasteiger partial charge in [0, 0.05) is 11.3 Å². The zero-order valence-corrected chi connectivity index (χ0v) is 17.1. The zero-order chi connectivity index (χ0) is 19.9. The maximum atomic E-state index is 13.0. The van der Waals surface area contributed by atoms with Crippen molar-refractivity contribution in [1.82, 2.24) is 5.32 Å². The summed E-state index contributed by atoms with van der Waals surface area (Å²) >= 11 is 5.71. The second-order valence-corrected chi connectivity index (χ2v) is 7.59. The van der Waals surface area contributed by atoms with Gasteiger partial charge in [-0.1, -0.05) is 37.3 Å². The van der Waals surface area contributed by atoms with E-state index in [1.54, 1.807) is 0 Å². The van der Waals surface area contributed by atoms with Crippen LogP contribution in [-0.4, -0.2) is 23.4 Å². The van der Waals surface area contributed by atoms with Crippen LogP contribution in [0.3, 0.4) is 0 Å². The van der Waals surface area contributed by atoms with Crippen LogP contribution < -0.4 is 15.0 Å². The van der Waals surface area contributed by atoms with Crippen molar-refractivity contribution < 1.29 is 14.3 Å². The molecule has 0 radical (unpaired) electrons. The highest BCUT2D eigenvalue weighted by atomic mass is 32.1. The number of benzene rings is 2. The number of ether oxygens (including phenoxy) is 2. The molecular formula is C22H24N2O3S. The molecule has 0 spiro atoms. The Labute approximate surface area is 170 Å². The molecular weight excluding hydrogens is 372 g/mol. The Kier molecular flexibility index (Phi) is 4.75. The lowest BCUT2D eigenvalue weighted by Crippen LogP contribution is -2.71. The van der Waals surface area contributed by atoms with Crippen molar-refractivity contribution in [3.8, 4) is 5.75 Å². The third-order valence-corrected chi connectivity index (χ3v) is 5.85. The largest absolute Gasteiger partial charge is 0.466 e. The van der Waals surface area contributed by atoms with Crippen molar-refractivity contribution in [2.45, 2.75) is 39.0 Å². The molecule has 4 rings (SSSR count). The Bertz CT molecular complexity index is 914. The predicted octanol–water partition coefficient (Wildman–Crippen LogP) is 3.97. The molecule has 28 heavy (non-hydrogen) atoms. The first-order valence-electron chi connectivity index (χ1n) is 9.63. The third kappa shape index (κ3) is 2.83. The number of nitrogens with one attached hydrogen (secondary N) is 1. The number of carbonyl (C=O) groups is 1. The van der Waals surface area contributed by atoms with Crippen LogP contribution in [0.15, 0.2) is 48.5 Å². The minimum atomic E-state index is -0.999. The fourth-order valence-electron chi connectivity index (χ4n) is 4.19. The highest BCUT2D eigenvalue weighted by Crippen LogP contribution is 2.49. The van der Waals surface area contributed by atoms with Gasteiger partial charge in [-0.2, -0.15) is 0 Å². The van der Waals surface area contributed by atoms with Gasteiger partial charge in [0.2, 0.25) is 5.72 Å². The molecule has 2 aromatic carbocycles. The van der Waals surface area contributed by atoms with Gasteiger partial charge in [-0.25, -0.2) is 0 Å². The van der Waals surface area contributed by atoms with Gasteiger partial charge in [-0.15, -0.1) is 0 Å². The van der Waals surface area contributed by atoms with Crippen LogP contribution in [0.25, 0.3) is 0 Å². The number of hydrogen-bond acceptors (Lipinski definition) is 4. The number of rotatable bonds is 4. The summed E-state index contributed by atoms with van der Waals surface area (Å²) < 4.78 is 11.9. The van der Waals surface area contributed by atoms with Gasteiger partial charge in [0.1, 0.15) is 11.7 Å². The zero-order valence-electron chi connectivity index (χ0n) is 16.3. The molecule has 5 nitrogen and oxygen atoms in total. The summed E-state index contributed by atoms with van der Waals surface area (Å²) in [6, 6.07) is 15.6. The number of nitrogens with zero attached hydrogens (tertiary/aromatic N) is 1.